The highest BCUT2D eigenvalue weighted by atomic mass is 27.1. The summed E-state index contributed by atoms with van der Waals surface area (Å²) in [4.78, 5) is 0. The van der Waals surface area contributed by atoms with E-state index < -0.39 is 0 Å². The van der Waals surface area contributed by atoms with Crippen LogP contribution in [-0.4, -0.2) is 15.2 Å². The van der Waals surface area contributed by atoms with Gasteiger partial charge in [0.15, 0.2) is 0 Å². The van der Waals surface area contributed by atoms with Crippen molar-refractivity contribution in [2.75, 3.05) is 0 Å². The molecule has 1 radical (unpaired) electrons. The molecule has 2 atom stereocenters. The second kappa shape index (κ2) is 20.8. The predicted octanol–water partition coefficient (Wildman–Crippen LogP) is 9.33. The molecule has 0 rings (SSSR count). The fourth-order valence-corrected chi connectivity index (χ4v) is 6.11. The molecule has 151 valence electrons. The molecule has 0 aromatic rings. The van der Waals surface area contributed by atoms with Crippen molar-refractivity contribution in [2.24, 2.45) is 11.8 Å². The van der Waals surface area contributed by atoms with E-state index in [0.29, 0.717) is 15.2 Å². The molecule has 0 aliphatic rings. The summed E-state index contributed by atoms with van der Waals surface area (Å²) in [6, 6.07) is 0. The van der Waals surface area contributed by atoms with Crippen LogP contribution >= 0.6 is 0 Å². The Hall–Kier alpha value is 0.532. The molecule has 0 aliphatic carbocycles. The van der Waals surface area contributed by atoms with E-state index in [4.69, 9.17) is 0 Å². The van der Waals surface area contributed by atoms with Gasteiger partial charge in [0, 0.05) is 1.43 Å². The fraction of sp³-hybridized carbons (Fsp3) is 1.00. The average molecular weight is 368 g/mol. The number of hydrogen-bond acceptors (Lipinski definition) is 0. The molecule has 0 saturated heterocycles. The van der Waals surface area contributed by atoms with Crippen molar-refractivity contribution in [1.82, 2.24) is 0 Å². The molecule has 0 aromatic heterocycles. The van der Waals surface area contributed by atoms with Crippen LogP contribution in [0.15, 0.2) is 0 Å². The first-order chi connectivity index (χ1) is 12.3. The van der Waals surface area contributed by atoms with Gasteiger partial charge in [0.25, 0.3) is 0 Å². The molecule has 0 aromatic carbocycles. The van der Waals surface area contributed by atoms with E-state index in [1.165, 1.54) is 103 Å². The zero-order valence-corrected chi connectivity index (χ0v) is 19.6. The van der Waals surface area contributed by atoms with Gasteiger partial charge >= 0.3 is 0 Å². The van der Waals surface area contributed by atoms with Gasteiger partial charge in [-0.1, -0.05) is 142 Å². The van der Waals surface area contributed by atoms with Crippen molar-refractivity contribution >= 4 is 15.2 Å². The summed E-state index contributed by atoms with van der Waals surface area (Å²) >= 11 is 0.711. The molecule has 0 N–H and O–H groups in total. The van der Waals surface area contributed by atoms with E-state index in [1.807, 2.05) is 0 Å². The summed E-state index contributed by atoms with van der Waals surface area (Å²) in [5.74, 6) is 2.14. The number of unbranched alkanes of at least 4 members (excludes halogenated alkanes) is 8. The van der Waals surface area contributed by atoms with Crippen LogP contribution < -0.4 is 0 Å². The standard InChI is InChI=1S/2C12H25.Al.H2/c2*1-4-6-8-9-11-12(3)10-7-5-2;;/h2*12H,3-11H2,1-2H3;;1H. The normalized spacial score (nSPS) is 13.8. The summed E-state index contributed by atoms with van der Waals surface area (Å²) in [7, 11) is 0. The van der Waals surface area contributed by atoms with Gasteiger partial charge in [-0.15, -0.1) is 10.6 Å². The molecule has 0 bridgehead atoms. The third-order valence-corrected chi connectivity index (χ3v) is 7.86. The number of hydrogen-bond donors (Lipinski definition) is 0. The molecule has 0 heterocycles. The highest BCUT2D eigenvalue weighted by Crippen LogP contribution is 2.25. The highest BCUT2D eigenvalue weighted by Gasteiger charge is 2.13. The van der Waals surface area contributed by atoms with Gasteiger partial charge in [0.05, 0.1) is 0 Å². The van der Waals surface area contributed by atoms with Crippen molar-refractivity contribution in [3.8, 4) is 0 Å². The molecule has 0 fully saturated rings. The van der Waals surface area contributed by atoms with Gasteiger partial charge in [-0.2, -0.15) is 0 Å². The molecular weight excluding hydrogens is 315 g/mol. The van der Waals surface area contributed by atoms with Crippen molar-refractivity contribution in [2.45, 2.75) is 141 Å². The summed E-state index contributed by atoms with van der Waals surface area (Å²) in [6.07, 6.45) is 23.4. The Labute approximate surface area is 169 Å². The van der Waals surface area contributed by atoms with Crippen molar-refractivity contribution in [1.29, 1.82) is 0 Å². The highest BCUT2D eigenvalue weighted by molar-refractivity contribution is 6.35. The Balaban J connectivity index is 0. The lowest BCUT2D eigenvalue weighted by atomic mass is 9.96. The Kier molecular flexibility index (Phi) is 21.3. The summed E-state index contributed by atoms with van der Waals surface area (Å²) in [6.45, 7) is 9.38. The van der Waals surface area contributed by atoms with Crippen molar-refractivity contribution < 1.29 is 1.43 Å². The van der Waals surface area contributed by atoms with Crippen LogP contribution in [0, 0.1) is 11.8 Å². The molecule has 0 saturated carbocycles. The molecule has 1 heteroatoms. The second-order valence-corrected chi connectivity index (χ2v) is 10.00. The van der Waals surface area contributed by atoms with E-state index in [-0.39, 0.29) is 1.43 Å². The smallest absolute Gasteiger partial charge is 0.101 e. The Morgan fingerprint density at radius 2 is 0.840 bits per heavy atom. The lowest BCUT2D eigenvalue weighted by Crippen LogP contribution is -2.09. The van der Waals surface area contributed by atoms with Crippen LogP contribution in [0.3, 0.4) is 0 Å². The minimum Gasteiger partial charge on any atom is -0.101 e. The van der Waals surface area contributed by atoms with Crippen LogP contribution in [0.2, 0.25) is 10.6 Å². The van der Waals surface area contributed by atoms with E-state index in [2.05, 4.69) is 27.7 Å². The monoisotopic (exact) mass is 367 g/mol. The van der Waals surface area contributed by atoms with E-state index in [1.54, 1.807) is 10.6 Å². The number of rotatable bonds is 20. The van der Waals surface area contributed by atoms with Gasteiger partial charge < -0.3 is 0 Å². The zero-order valence-electron chi connectivity index (χ0n) is 18.5. The maximum absolute atomic E-state index is 2.36. The molecular formula is C24H52Al. The Morgan fingerprint density at radius 3 is 1.20 bits per heavy atom. The van der Waals surface area contributed by atoms with Gasteiger partial charge in [-0.3, -0.25) is 0 Å². The predicted molar refractivity (Wildman–Crippen MR) is 121 cm³/mol. The maximum atomic E-state index is 2.36. The van der Waals surface area contributed by atoms with Crippen LogP contribution in [0.25, 0.3) is 0 Å². The Bertz CT molecular complexity index is 220. The van der Waals surface area contributed by atoms with Gasteiger partial charge in [-0.25, -0.2) is 0 Å². The van der Waals surface area contributed by atoms with Crippen LogP contribution in [-0.2, 0) is 0 Å². The molecule has 0 nitrogen and oxygen atoms in total. The van der Waals surface area contributed by atoms with Crippen LogP contribution in [0.5, 0.6) is 0 Å². The summed E-state index contributed by atoms with van der Waals surface area (Å²) in [5.41, 5.74) is 0. The quantitative estimate of drug-likeness (QED) is 0.148. The summed E-state index contributed by atoms with van der Waals surface area (Å²) < 4.78 is 0. The second-order valence-electron chi connectivity index (χ2n) is 8.48. The first-order valence-electron chi connectivity index (χ1n) is 12.1. The largest absolute Gasteiger partial charge is 0.200 e. The lowest BCUT2D eigenvalue weighted by molar-refractivity contribution is 0.430. The first-order valence-corrected chi connectivity index (χ1v) is 13.7. The van der Waals surface area contributed by atoms with Crippen molar-refractivity contribution in [3.63, 3.8) is 0 Å². The fourth-order valence-electron chi connectivity index (χ4n) is 4.03. The van der Waals surface area contributed by atoms with Crippen LogP contribution in [0.4, 0.5) is 0 Å². The minimum absolute atomic E-state index is 0. The average Bonchev–Trinajstić information content (AvgIpc) is 2.63. The lowest BCUT2D eigenvalue weighted by Gasteiger charge is -2.20. The van der Waals surface area contributed by atoms with E-state index >= 15 is 0 Å². The van der Waals surface area contributed by atoms with Gasteiger partial charge in [0.1, 0.15) is 0 Å². The molecule has 2 unspecified atom stereocenters. The first kappa shape index (κ1) is 25.5. The van der Waals surface area contributed by atoms with Gasteiger partial charge in [0.2, 0.25) is 15.2 Å². The third-order valence-electron chi connectivity index (χ3n) is 5.86. The van der Waals surface area contributed by atoms with E-state index in [0.717, 1.165) is 11.8 Å². The zero-order chi connectivity index (χ0) is 18.6. The topological polar surface area (TPSA) is 0 Å². The van der Waals surface area contributed by atoms with Gasteiger partial charge in [-0.05, 0) is 0 Å². The maximum Gasteiger partial charge on any atom is 0.200 e. The Morgan fingerprint density at radius 1 is 0.480 bits per heavy atom. The minimum atomic E-state index is 0. The molecule has 0 amide bonds. The molecule has 0 spiro atoms. The third kappa shape index (κ3) is 17.7. The molecule has 0 aliphatic heterocycles. The van der Waals surface area contributed by atoms with Crippen molar-refractivity contribution in [3.05, 3.63) is 0 Å². The SMILES string of the molecule is CCCCCCC(CCCC)[CH2][Al][CH2]C(CCCC)CCCCCC.[HH]. The molecule has 25 heavy (non-hydrogen) atoms. The van der Waals surface area contributed by atoms with Crippen LogP contribution in [0.1, 0.15) is 132 Å². The van der Waals surface area contributed by atoms with E-state index in [9.17, 15) is 0 Å². The summed E-state index contributed by atoms with van der Waals surface area (Å²) in [5, 5.41) is 3.20.